The average Bonchev–Trinajstić information content (AvgIpc) is 3.40. The molecule has 2 saturated heterocycles. The van der Waals surface area contributed by atoms with Crippen LogP contribution in [0.3, 0.4) is 0 Å². The molecule has 13 heteroatoms. The highest BCUT2D eigenvalue weighted by molar-refractivity contribution is 6.35. The molecule has 4 amide bonds. The highest BCUT2D eigenvalue weighted by atomic mass is 35.5. The van der Waals surface area contributed by atoms with Crippen molar-refractivity contribution in [2.24, 2.45) is 16.5 Å². The van der Waals surface area contributed by atoms with Gasteiger partial charge in [0.15, 0.2) is 5.96 Å². The second-order valence-electron chi connectivity index (χ2n) is 10.2. The third-order valence-electron chi connectivity index (χ3n) is 7.14. The van der Waals surface area contributed by atoms with Crippen LogP contribution in [0.4, 0.5) is 0 Å². The number of carbonyl (C=O) groups is 4. The lowest BCUT2D eigenvalue weighted by Crippen LogP contribution is -2.53. The van der Waals surface area contributed by atoms with E-state index in [4.69, 9.17) is 34.7 Å². The molecule has 0 spiro atoms. The van der Waals surface area contributed by atoms with Crippen LogP contribution < -0.4 is 22.1 Å². The Balaban J connectivity index is 1.84. The molecule has 2 aliphatic heterocycles. The second-order valence-corrected chi connectivity index (χ2v) is 11.0. The number of carbonyl (C=O) groups excluding carboxylic acids is 4. The number of hydrogen-bond acceptors (Lipinski definition) is 5. The van der Waals surface area contributed by atoms with E-state index in [-0.39, 0.29) is 49.1 Å². The first-order valence-corrected chi connectivity index (χ1v) is 14.6. The highest BCUT2D eigenvalue weighted by Crippen LogP contribution is 2.23. The van der Waals surface area contributed by atoms with E-state index in [1.54, 1.807) is 23.1 Å². The summed E-state index contributed by atoms with van der Waals surface area (Å²) in [6.07, 6.45) is 4.65. The van der Waals surface area contributed by atoms with E-state index < -0.39 is 12.1 Å². The predicted octanol–water partition coefficient (Wildman–Crippen LogP) is 1.58. The fraction of sp³-hybridized carbons (Fsp3) is 0.593. The largest absolute Gasteiger partial charge is 0.370 e. The molecule has 2 aliphatic rings. The van der Waals surface area contributed by atoms with E-state index >= 15 is 0 Å². The highest BCUT2D eigenvalue weighted by Gasteiger charge is 2.36. The molecule has 0 aromatic heterocycles. The predicted molar refractivity (Wildman–Crippen MR) is 155 cm³/mol. The van der Waals surface area contributed by atoms with Crippen LogP contribution in [-0.4, -0.2) is 84.2 Å². The van der Waals surface area contributed by atoms with Gasteiger partial charge >= 0.3 is 0 Å². The number of nitrogens with two attached hydrogens (primary N) is 2. The Morgan fingerprint density at radius 1 is 1.07 bits per heavy atom. The zero-order valence-corrected chi connectivity index (χ0v) is 24.2. The molecule has 11 nitrogen and oxygen atoms in total. The number of benzene rings is 1. The summed E-state index contributed by atoms with van der Waals surface area (Å²) < 4.78 is 0. The van der Waals surface area contributed by atoms with Crippen LogP contribution in [0, 0.1) is 0 Å². The molecule has 3 rings (SSSR count). The lowest BCUT2D eigenvalue weighted by Gasteiger charge is -2.31. The van der Waals surface area contributed by atoms with Crippen LogP contribution >= 0.6 is 23.2 Å². The van der Waals surface area contributed by atoms with Crippen LogP contribution in [0.5, 0.6) is 0 Å². The Kier molecular flexibility index (Phi) is 12.3. The van der Waals surface area contributed by atoms with Crippen LogP contribution in [0.15, 0.2) is 23.2 Å². The molecule has 2 atom stereocenters. The standard InChI is InChI=1S/C27H39Cl2N7O4/c28-19-10-9-18(20(29)16-19)11-15-35-17-24(38)36-14-5-7-22(36)25(39)32-12-4-2-8-23(37)34-21(26(35)40)6-1-3-13-33-27(30)31/h9-10,16,21-22H,1-8,11-15,17H2,(H,32,39)(H,34,37)(H4,30,31,33)/t21-,22-/m0/s1. The molecule has 0 radical (unpaired) electrons. The van der Waals surface area contributed by atoms with Crippen molar-refractivity contribution < 1.29 is 19.2 Å². The quantitative estimate of drug-likeness (QED) is 0.202. The first-order valence-electron chi connectivity index (χ1n) is 13.8. The van der Waals surface area contributed by atoms with Gasteiger partial charge in [0, 0.05) is 42.6 Å². The minimum atomic E-state index is -0.820. The van der Waals surface area contributed by atoms with E-state index in [2.05, 4.69) is 15.6 Å². The molecule has 0 bridgehead atoms. The smallest absolute Gasteiger partial charge is 0.245 e. The summed E-state index contributed by atoms with van der Waals surface area (Å²) in [7, 11) is 0. The number of unbranched alkanes of at least 4 members (excludes halogenated alkanes) is 1. The Hall–Kier alpha value is -3.05. The lowest BCUT2D eigenvalue weighted by atomic mass is 10.1. The SMILES string of the molecule is NC(N)=NCCCC[C@@H]1NC(=O)CCCCNC(=O)[C@@H]2CCCN2C(=O)CN(CCc2ccc(Cl)cc2Cl)C1=O. The van der Waals surface area contributed by atoms with Gasteiger partial charge in [0.25, 0.3) is 0 Å². The Bertz CT molecular complexity index is 1100. The molecule has 6 N–H and O–H groups in total. The normalized spacial score (nSPS) is 21.2. The van der Waals surface area contributed by atoms with Crippen molar-refractivity contribution in [1.29, 1.82) is 0 Å². The van der Waals surface area contributed by atoms with E-state index in [1.165, 1.54) is 4.90 Å². The van der Waals surface area contributed by atoms with Crippen molar-refractivity contribution >= 4 is 52.8 Å². The molecule has 40 heavy (non-hydrogen) atoms. The number of hydrogen-bond donors (Lipinski definition) is 4. The van der Waals surface area contributed by atoms with Gasteiger partial charge in [-0.05, 0) is 69.1 Å². The van der Waals surface area contributed by atoms with Crippen molar-refractivity contribution in [3.05, 3.63) is 33.8 Å². The number of fused-ring (bicyclic) bond motifs is 1. The van der Waals surface area contributed by atoms with Gasteiger partial charge in [-0.1, -0.05) is 29.3 Å². The first kappa shape index (κ1) is 31.5. The number of aliphatic imine (C=N–C) groups is 1. The summed E-state index contributed by atoms with van der Waals surface area (Å²) >= 11 is 12.4. The third kappa shape index (κ3) is 9.55. The van der Waals surface area contributed by atoms with E-state index in [1.807, 2.05) is 0 Å². The van der Waals surface area contributed by atoms with E-state index in [9.17, 15) is 19.2 Å². The molecule has 2 fully saturated rings. The Morgan fingerprint density at radius 3 is 2.62 bits per heavy atom. The van der Waals surface area contributed by atoms with Gasteiger partial charge in [0.2, 0.25) is 23.6 Å². The third-order valence-corrected chi connectivity index (χ3v) is 7.73. The summed E-state index contributed by atoms with van der Waals surface area (Å²) in [6, 6.07) is 3.75. The van der Waals surface area contributed by atoms with Crippen molar-refractivity contribution in [2.75, 3.05) is 32.7 Å². The van der Waals surface area contributed by atoms with Crippen LogP contribution in [0.2, 0.25) is 10.0 Å². The van der Waals surface area contributed by atoms with Gasteiger partial charge < -0.3 is 31.9 Å². The van der Waals surface area contributed by atoms with Gasteiger partial charge in [-0.2, -0.15) is 0 Å². The fourth-order valence-electron chi connectivity index (χ4n) is 4.99. The molecular formula is C27H39Cl2N7O4. The van der Waals surface area contributed by atoms with Gasteiger partial charge in [-0.3, -0.25) is 24.2 Å². The number of guanidine groups is 1. The molecule has 2 heterocycles. The van der Waals surface area contributed by atoms with Gasteiger partial charge in [0.05, 0.1) is 6.54 Å². The van der Waals surface area contributed by atoms with Crippen molar-refractivity contribution in [1.82, 2.24) is 20.4 Å². The van der Waals surface area contributed by atoms with Crippen molar-refractivity contribution in [3.8, 4) is 0 Å². The van der Waals surface area contributed by atoms with Gasteiger partial charge in [0.1, 0.15) is 12.1 Å². The molecule has 1 aromatic carbocycles. The summed E-state index contributed by atoms with van der Waals surface area (Å²) in [5, 5.41) is 6.74. The maximum Gasteiger partial charge on any atom is 0.245 e. The molecule has 0 unspecified atom stereocenters. The Morgan fingerprint density at radius 2 is 1.88 bits per heavy atom. The minimum Gasteiger partial charge on any atom is -0.370 e. The number of rotatable bonds is 8. The average molecular weight is 597 g/mol. The summed E-state index contributed by atoms with van der Waals surface area (Å²) in [5.41, 5.74) is 11.6. The molecule has 1 aromatic rings. The molecule has 0 aliphatic carbocycles. The summed E-state index contributed by atoms with van der Waals surface area (Å²) in [4.78, 5) is 60.0. The number of amides is 4. The number of nitrogens with one attached hydrogen (secondary N) is 2. The number of nitrogens with zero attached hydrogens (tertiary/aromatic N) is 3. The second kappa shape index (κ2) is 15.7. The molecule has 0 saturated carbocycles. The van der Waals surface area contributed by atoms with Crippen LogP contribution in [-0.2, 0) is 25.6 Å². The van der Waals surface area contributed by atoms with Crippen molar-refractivity contribution in [3.63, 3.8) is 0 Å². The zero-order chi connectivity index (χ0) is 29.1. The first-order chi connectivity index (χ1) is 19.2. The van der Waals surface area contributed by atoms with Crippen LogP contribution in [0.25, 0.3) is 0 Å². The topological polar surface area (TPSA) is 163 Å². The monoisotopic (exact) mass is 595 g/mol. The Labute approximate surface area is 245 Å². The van der Waals surface area contributed by atoms with Gasteiger partial charge in [-0.25, -0.2) is 0 Å². The minimum absolute atomic E-state index is 0.00276. The van der Waals surface area contributed by atoms with Crippen LogP contribution in [0.1, 0.15) is 56.9 Å². The summed E-state index contributed by atoms with van der Waals surface area (Å²) in [6.45, 7) is 1.26. The van der Waals surface area contributed by atoms with Gasteiger partial charge in [-0.15, -0.1) is 0 Å². The van der Waals surface area contributed by atoms with Crippen molar-refractivity contribution in [2.45, 2.75) is 69.9 Å². The van der Waals surface area contributed by atoms with E-state index in [0.29, 0.717) is 81.0 Å². The maximum absolute atomic E-state index is 13.9. The zero-order valence-electron chi connectivity index (χ0n) is 22.7. The fourth-order valence-corrected chi connectivity index (χ4v) is 5.49. The van der Waals surface area contributed by atoms with E-state index in [0.717, 1.165) is 5.56 Å². The summed E-state index contributed by atoms with van der Waals surface area (Å²) in [5.74, 6) is -1.12. The lowest BCUT2D eigenvalue weighted by molar-refractivity contribution is -0.145. The molecule has 220 valence electrons. The maximum atomic E-state index is 13.9. The number of halogens is 2. The molecular weight excluding hydrogens is 557 g/mol.